The van der Waals surface area contributed by atoms with Crippen molar-refractivity contribution >= 4 is 21.4 Å². The second-order valence-corrected chi connectivity index (χ2v) is 9.60. The summed E-state index contributed by atoms with van der Waals surface area (Å²) in [7, 11) is -2.98. The van der Waals surface area contributed by atoms with Crippen molar-refractivity contribution in [2.75, 3.05) is 49.2 Å². The molecule has 2 heterocycles. The van der Waals surface area contributed by atoms with Crippen LogP contribution in [0.4, 0.5) is 5.69 Å². The number of hydrogen-bond donors (Lipinski definition) is 2. The number of rotatable bonds is 6. The first-order valence-corrected chi connectivity index (χ1v) is 11.5. The molecule has 8 heteroatoms. The number of piperazine rings is 1. The number of hydrogen-bond acceptors (Lipinski definition) is 5. The zero-order valence-corrected chi connectivity index (χ0v) is 16.9. The minimum absolute atomic E-state index is 0.0460. The number of quaternary nitrogens is 1. The van der Waals surface area contributed by atoms with Gasteiger partial charge in [0, 0.05) is 6.04 Å². The van der Waals surface area contributed by atoms with Crippen molar-refractivity contribution in [2.45, 2.75) is 32.4 Å². The van der Waals surface area contributed by atoms with E-state index in [0.29, 0.717) is 13.0 Å². The van der Waals surface area contributed by atoms with E-state index in [1.165, 1.54) is 4.90 Å². The highest BCUT2D eigenvalue weighted by Crippen LogP contribution is 2.27. The third-order valence-electron chi connectivity index (χ3n) is 5.50. The highest BCUT2D eigenvalue weighted by molar-refractivity contribution is 7.91. The molecule has 0 aromatic heterocycles. The summed E-state index contributed by atoms with van der Waals surface area (Å²) in [5.41, 5.74) is 1.10. The predicted molar refractivity (Wildman–Crippen MR) is 105 cm³/mol. The first-order chi connectivity index (χ1) is 12.9. The monoisotopic (exact) mass is 396 g/mol. The van der Waals surface area contributed by atoms with Crippen molar-refractivity contribution in [1.29, 1.82) is 0 Å². The lowest BCUT2D eigenvalue weighted by molar-refractivity contribution is -0.914. The van der Waals surface area contributed by atoms with E-state index in [4.69, 9.17) is 4.74 Å². The van der Waals surface area contributed by atoms with Gasteiger partial charge in [-0.25, -0.2) is 8.42 Å². The van der Waals surface area contributed by atoms with Gasteiger partial charge in [-0.15, -0.1) is 0 Å². The van der Waals surface area contributed by atoms with Gasteiger partial charge in [0.15, 0.2) is 15.9 Å². The fourth-order valence-corrected chi connectivity index (χ4v) is 5.56. The van der Waals surface area contributed by atoms with E-state index in [2.05, 4.69) is 16.3 Å². The first kappa shape index (κ1) is 19.9. The Labute approximate surface area is 161 Å². The molecular formula is C19H30N3O4S+. The van der Waals surface area contributed by atoms with Crippen LogP contribution in [-0.2, 0) is 14.6 Å². The maximum absolute atomic E-state index is 12.5. The summed E-state index contributed by atoms with van der Waals surface area (Å²) in [4.78, 5) is 16.1. The quantitative estimate of drug-likeness (QED) is 0.677. The lowest BCUT2D eigenvalue weighted by Gasteiger charge is -2.36. The third kappa shape index (κ3) is 4.93. The molecule has 0 bridgehead atoms. The molecule has 0 unspecified atom stereocenters. The Balaban J connectivity index is 1.53. The van der Waals surface area contributed by atoms with E-state index in [1.807, 2.05) is 32.0 Å². The van der Waals surface area contributed by atoms with E-state index in [9.17, 15) is 13.2 Å². The summed E-state index contributed by atoms with van der Waals surface area (Å²) in [6.45, 7) is 7.97. The van der Waals surface area contributed by atoms with Crippen LogP contribution in [0, 0.1) is 0 Å². The van der Waals surface area contributed by atoms with Crippen LogP contribution < -0.4 is 19.9 Å². The van der Waals surface area contributed by atoms with Gasteiger partial charge in [0.05, 0.1) is 50.0 Å². The van der Waals surface area contributed by atoms with Crippen LogP contribution in [0.15, 0.2) is 24.3 Å². The van der Waals surface area contributed by atoms with Gasteiger partial charge < -0.3 is 19.9 Å². The molecular weight excluding hydrogens is 366 g/mol. The molecule has 1 aromatic carbocycles. The van der Waals surface area contributed by atoms with Gasteiger partial charge in [-0.05, 0) is 32.4 Å². The second kappa shape index (κ2) is 8.48. The van der Waals surface area contributed by atoms with Crippen LogP contribution in [0.2, 0.25) is 0 Å². The molecule has 2 aliphatic heterocycles. The van der Waals surface area contributed by atoms with Crippen molar-refractivity contribution in [2.24, 2.45) is 0 Å². The molecule has 2 atom stereocenters. The highest BCUT2D eigenvalue weighted by Gasteiger charge is 2.34. The number of carbonyl (C=O) groups excluding carboxylic acids is 1. The topological polar surface area (TPSA) is 80.2 Å². The zero-order chi connectivity index (χ0) is 19.4. The van der Waals surface area contributed by atoms with Crippen LogP contribution in [0.25, 0.3) is 0 Å². The summed E-state index contributed by atoms with van der Waals surface area (Å²) in [5.74, 6) is 1.10. The van der Waals surface area contributed by atoms with Crippen LogP contribution in [0.1, 0.15) is 20.3 Å². The maximum atomic E-state index is 12.5. The molecule has 1 aromatic rings. The Hall–Kier alpha value is -1.80. The SMILES string of the molecule is CCOc1ccccc1N1CC[NH+]([C@@H](C)C(=O)N[C@@H]2CCS(=O)(=O)C2)CC1. The second-order valence-electron chi connectivity index (χ2n) is 7.38. The van der Waals surface area contributed by atoms with Crippen LogP contribution in [0.5, 0.6) is 5.75 Å². The van der Waals surface area contributed by atoms with E-state index in [-0.39, 0.29) is 29.5 Å². The largest absolute Gasteiger partial charge is 0.492 e. The van der Waals surface area contributed by atoms with Crippen molar-refractivity contribution in [3.05, 3.63) is 24.3 Å². The molecule has 2 saturated heterocycles. The fraction of sp³-hybridized carbons (Fsp3) is 0.632. The number of nitrogens with one attached hydrogen (secondary N) is 2. The molecule has 2 aliphatic rings. The van der Waals surface area contributed by atoms with Crippen LogP contribution in [-0.4, -0.2) is 70.7 Å². The summed E-state index contributed by atoms with van der Waals surface area (Å²) in [5, 5.41) is 2.93. The van der Waals surface area contributed by atoms with Crippen molar-refractivity contribution < 1.29 is 22.8 Å². The third-order valence-corrected chi connectivity index (χ3v) is 7.26. The number of benzene rings is 1. The number of anilines is 1. The van der Waals surface area contributed by atoms with Crippen LogP contribution >= 0.6 is 0 Å². The molecule has 3 rings (SSSR count). The standard InChI is InChI=1S/C19H29N3O4S/c1-3-26-18-7-5-4-6-17(18)22-11-9-21(10-12-22)15(2)19(23)20-16-8-13-27(24,25)14-16/h4-7,15-16H,3,8-14H2,1-2H3,(H,20,23)/p+1/t15-,16+/m0/s1. The highest BCUT2D eigenvalue weighted by atomic mass is 32.2. The first-order valence-electron chi connectivity index (χ1n) is 9.72. The molecule has 0 aliphatic carbocycles. The minimum Gasteiger partial charge on any atom is -0.492 e. The van der Waals surface area contributed by atoms with E-state index < -0.39 is 9.84 Å². The van der Waals surface area contributed by atoms with Gasteiger partial charge >= 0.3 is 0 Å². The number of ether oxygens (including phenoxy) is 1. The minimum atomic E-state index is -2.98. The smallest absolute Gasteiger partial charge is 0.278 e. The maximum Gasteiger partial charge on any atom is 0.278 e. The Kier molecular flexibility index (Phi) is 6.26. The number of sulfone groups is 1. The molecule has 150 valence electrons. The molecule has 27 heavy (non-hydrogen) atoms. The number of carbonyl (C=O) groups is 1. The normalized spacial score (nSPS) is 23.8. The average Bonchev–Trinajstić information content (AvgIpc) is 3.00. The van der Waals surface area contributed by atoms with E-state index >= 15 is 0 Å². The van der Waals surface area contributed by atoms with Crippen molar-refractivity contribution in [3.63, 3.8) is 0 Å². The Morgan fingerprint density at radius 3 is 2.67 bits per heavy atom. The van der Waals surface area contributed by atoms with Gasteiger partial charge in [-0.1, -0.05) is 12.1 Å². The Bertz CT molecular complexity index is 760. The van der Waals surface area contributed by atoms with E-state index in [0.717, 1.165) is 37.6 Å². The van der Waals surface area contributed by atoms with Gasteiger partial charge in [-0.3, -0.25) is 4.79 Å². The fourth-order valence-electron chi connectivity index (χ4n) is 3.88. The molecule has 0 spiro atoms. The molecule has 7 nitrogen and oxygen atoms in total. The van der Waals surface area contributed by atoms with Gasteiger partial charge in [0.25, 0.3) is 5.91 Å². The summed E-state index contributed by atoms with van der Waals surface area (Å²) in [6, 6.07) is 7.64. The summed E-state index contributed by atoms with van der Waals surface area (Å²) in [6.07, 6.45) is 0.526. The predicted octanol–water partition coefficient (Wildman–Crippen LogP) is -0.518. The molecule has 0 radical (unpaired) electrons. The summed E-state index contributed by atoms with van der Waals surface area (Å²) < 4.78 is 28.9. The van der Waals surface area contributed by atoms with Gasteiger partial charge in [-0.2, -0.15) is 0 Å². The van der Waals surface area contributed by atoms with Gasteiger partial charge in [0.1, 0.15) is 5.75 Å². The Morgan fingerprint density at radius 1 is 1.33 bits per heavy atom. The van der Waals surface area contributed by atoms with Gasteiger partial charge in [0.2, 0.25) is 0 Å². The Morgan fingerprint density at radius 2 is 2.04 bits per heavy atom. The number of para-hydroxylation sites is 2. The van der Waals surface area contributed by atoms with Crippen LogP contribution in [0.3, 0.4) is 0 Å². The van der Waals surface area contributed by atoms with Crippen molar-refractivity contribution in [3.8, 4) is 5.75 Å². The van der Waals surface area contributed by atoms with E-state index in [1.54, 1.807) is 0 Å². The number of amides is 1. The molecule has 2 fully saturated rings. The molecule has 0 saturated carbocycles. The molecule has 1 amide bonds. The lowest BCUT2D eigenvalue weighted by Crippen LogP contribution is -3.19. The molecule has 2 N–H and O–H groups in total. The number of nitrogens with zero attached hydrogens (tertiary/aromatic N) is 1. The zero-order valence-electron chi connectivity index (χ0n) is 16.1. The lowest BCUT2D eigenvalue weighted by atomic mass is 10.1. The summed E-state index contributed by atoms with van der Waals surface area (Å²) >= 11 is 0. The van der Waals surface area contributed by atoms with Crippen molar-refractivity contribution in [1.82, 2.24) is 5.32 Å². The average molecular weight is 397 g/mol.